The predicted molar refractivity (Wildman–Crippen MR) is 76.3 cm³/mol. The van der Waals surface area contributed by atoms with Gasteiger partial charge in [0.25, 0.3) is 0 Å². The third-order valence-electron chi connectivity index (χ3n) is 4.05. The Morgan fingerprint density at radius 2 is 1.75 bits per heavy atom. The standard InChI is InChI=1S/C14H28BrN/c1-3-14(4-2)16(11-10-15)12-13-8-6-5-7-9-13/h13-14H,3-12H2,1-2H3. The van der Waals surface area contributed by atoms with Crippen LogP contribution in [0.15, 0.2) is 0 Å². The Morgan fingerprint density at radius 3 is 2.25 bits per heavy atom. The molecule has 1 aliphatic rings. The lowest BCUT2D eigenvalue weighted by Gasteiger charge is -2.34. The molecule has 0 aromatic carbocycles. The summed E-state index contributed by atoms with van der Waals surface area (Å²) in [6.07, 6.45) is 9.95. The molecular formula is C14H28BrN. The first-order valence-corrected chi connectivity index (χ1v) is 8.23. The fraction of sp³-hybridized carbons (Fsp3) is 1.00. The Balaban J connectivity index is 2.41. The zero-order valence-electron chi connectivity index (χ0n) is 11.1. The molecule has 0 aromatic rings. The molecule has 0 aliphatic heterocycles. The van der Waals surface area contributed by atoms with Crippen molar-refractivity contribution in [3.8, 4) is 0 Å². The fourth-order valence-electron chi connectivity index (χ4n) is 3.04. The van der Waals surface area contributed by atoms with E-state index in [1.807, 2.05) is 0 Å². The van der Waals surface area contributed by atoms with Gasteiger partial charge in [0, 0.05) is 24.5 Å². The number of hydrogen-bond acceptors (Lipinski definition) is 1. The van der Waals surface area contributed by atoms with Crippen LogP contribution >= 0.6 is 15.9 Å². The summed E-state index contributed by atoms with van der Waals surface area (Å²) in [4.78, 5) is 2.73. The van der Waals surface area contributed by atoms with Crippen LogP contribution < -0.4 is 0 Å². The molecule has 2 heteroatoms. The van der Waals surface area contributed by atoms with Crippen molar-refractivity contribution in [3.63, 3.8) is 0 Å². The minimum Gasteiger partial charge on any atom is -0.299 e. The molecule has 0 aromatic heterocycles. The minimum atomic E-state index is 0.805. The van der Waals surface area contributed by atoms with Gasteiger partial charge in [-0.25, -0.2) is 0 Å². The van der Waals surface area contributed by atoms with E-state index in [1.165, 1.54) is 58.0 Å². The molecule has 0 spiro atoms. The third-order valence-corrected chi connectivity index (χ3v) is 4.40. The highest BCUT2D eigenvalue weighted by atomic mass is 79.9. The van der Waals surface area contributed by atoms with E-state index in [1.54, 1.807) is 0 Å². The summed E-state index contributed by atoms with van der Waals surface area (Å²) >= 11 is 3.60. The van der Waals surface area contributed by atoms with Gasteiger partial charge in [-0.2, -0.15) is 0 Å². The van der Waals surface area contributed by atoms with Gasteiger partial charge in [-0.15, -0.1) is 0 Å². The Morgan fingerprint density at radius 1 is 1.12 bits per heavy atom. The van der Waals surface area contributed by atoms with Crippen LogP contribution in [-0.4, -0.2) is 29.4 Å². The van der Waals surface area contributed by atoms with Crippen molar-refractivity contribution in [2.75, 3.05) is 18.4 Å². The van der Waals surface area contributed by atoms with Crippen molar-refractivity contribution >= 4 is 15.9 Å². The summed E-state index contributed by atoms with van der Waals surface area (Å²) in [6.45, 7) is 7.23. The van der Waals surface area contributed by atoms with Crippen LogP contribution in [0.3, 0.4) is 0 Å². The summed E-state index contributed by atoms with van der Waals surface area (Å²) in [5.74, 6) is 0.980. The zero-order chi connectivity index (χ0) is 11.8. The normalized spacial score (nSPS) is 18.6. The van der Waals surface area contributed by atoms with Gasteiger partial charge in [0.15, 0.2) is 0 Å². The SMILES string of the molecule is CCC(CC)N(CCBr)CC1CCCCC1. The van der Waals surface area contributed by atoms with Crippen LogP contribution in [-0.2, 0) is 0 Å². The summed E-state index contributed by atoms with van der Waals surface area (Å²) in [7, 11) is 0. The lowest BCUT2D eigenvalue weighted by atomic mass is 9.88. The molecule has 0 heterocycles. The number of hydrogen-bond donors (Lipinski definition) is 0. The molecule has 0 unspecified atom stereocenters. The molecule has 1 nitrogen and oxygen atoms in total. The molecule has 0 N–H and O–H groups in total. The van der Waals surface area contributed by atoms with Gasteiger partial charge < -0.3 is 0 Å². The Kier molecular flexibility index (Phi) is 7.72. The average molecular weight is 290 g/mol. The van der Waals surface area contributed by atoms with Gasteiger partial charge >= 0.3 is 0 Å². The van der Waals surface area contributed by atoms with E-state index in [0.29, 0.717) is 0 Å². The van der Waals surface area contributed by atoms with Crippen molar-refractivity contribution in [2.24, 2.45) is 5.92 Å². The van der Waals surface area contributed by atoms with E-state index >= 15 is 0 Å². The molecule has 96 valence electrons. The van der Waals surface area contributed by atoms with Gasteiger partial charge in [-0.1, -0.05) is 49.0 Å². The van der Waals surface area contributed by atoms with Crippen molar-refractivity contribution in [1.29, 1.82) is 0 Å². The van der Waals surface area contributed by atoms with Crippen LogP contribution in [0, 0.1) is 5.92 Å². The van der Waals surface area contributed by atoms with Crippen molar-refractivity contribution in [1.82, 2.24) is 4.90 Å². The van der Waals surface area contributed by atoms with E-state index < -0.39 is 0 Å². The second-order valence-electron chi connectivity index (χ2n) is 5.16. The maximum Gasteiger partial charge on any atom is 0.0159 e. The minimum absolute atomic E-state index is 0.805. The Labute approximate surface area is 110 Å². The lowest BCUT2D eigenvalue weighted by molar-refractivity contribution is 0.150. The summed E-state index contributed by atoms with van der Waals surface area (Å²) in [6, 6.07) is 0.805. The molecule has 1 aliphatic carbocycles. The summed E-state index contributed by atoms with van der Waals surface area (Å²) < 4.78 is 0. The first kappa shape index (κ1) is 14.5. The first-order chi connectivity index (χ1) is 7.81. The molecule has 0 radical (unpaired) electrons. The van der Waals surface area contributed by atoms with E-state index in [0.717, 1.165) is 17.3 Å². The molecule has 0 atom stereocenters. The molecule has 1 saturated carbocycles. The highest BCUT2D eigenvalue weighted by Crippen LogP contribution is 2.25. The zero-order valence-corrected chi connectivity index (χ0v) is 12.6. The van der Waals surface area contributed by atoms with Crippen LogP contribution in [0.1, 0.15) is 58.8 Å². The van der Waals surface area contributed by atoms with Gasteiger partial charge in [-0.3, -0.25) is 4.90 Å². The van der Waals surface area contributed by atoms with Crippen LogP contribution in [0.25, 0.3) is 0 Å². The molecule has 1 fully saturated rings. The molecule has 0 saturated heterocycles. The average Bonchev–Trinajstić information content (AvgIpc) is 2.32. The summed E-state index contributed by atoms with van der Waals surface area (Å²) in [5, 5.41) is 1.12. The van der Waals surface area contributed by atoms with Crippen LogP contribution in [0.2, 0.25) is 0 Å². The van der Waals surface area contributed by atoms with Crippen molar-refractivity contribution < 1.29 is 0 Å². The third kappa shape index (κ3) is 4.75. The predicted octanol–water partition coefficient (Wildman–Crippen LogP) is 4.45. The molecule has 0 amide bonds. The summed E-state index contributed by atoms with van der Waals surface area (Å²) in [5.41, 5.74) is 0. The molecule has 0 bridgehead atoms. The first-order valence-electron chi connectivity index (χ1n) is 7.11. The number of alkyl halides is 1. The number of halogens is 1. The van der Waals surface area contributed by atoms with Gasteiger partial charge in [0.05, 0.1) is 0 Å². The van der Waals surface area contributed by atoms with Crippen LogP contribution in [0.5, 0.6) is 0 Å². The Bertz CT molecular complexity index is 162. The van der Waals surface area contributed by atoms with Gasteiger partial charge in [0.1, 0.15) is 0 Å². The second-order valence-corrected chi connectivity index (χ2v) is 5.95. The van der Waals surface area contributed by atoms with E-state index in [-0.39, 0.29) is 0 Å². The monoisotopic (exact) mass is 289 g/mol. The maximum absolute atomic E-state index is 3.60. The maximum atomic E-state index is 3.60. The van der Waals surface area contributed by atoms with E-state index in [2.05, 4.69) is 34.7 Å². The van der Waals surface area contributed by atoms with Crippen molar-refractivity contribution in [3.05, 3.63) is 0 Å². The quantitative estimate of drug-likeness (QED) is 0.626. The highest BCUT2D eigenvalue weighted by Gasteiger charge is 2.20. The van der Waals surface area contributed by atoms with Crippen LogP contribution in [0.4, 0.5) is 0 Å². The number of rotatable bonds is 7. The topological polar surface area (TPSA) is 3.24 Å². The molecule has 1 rings (SSSR count). The van der Waals surface area contributed by atoms with E-state index in [9.17, 15) is 0 Å². The largest absolute Gasteiger partial charge is 0.299 e. The smallest absolute Gasteiger partial charge is 0.0159 e. The van der Waals surface area contributed by atoms with Gasteiger partial charge in [-0.05, 0) is 31.6 Å². The fourth-order valence-corrected chi connectivity index (χ4v) is 3.49. The van der Waals surface area contributed by atoms with E-state index in [4.69, 9.17) is 0 Å². The lowest BCUT2D eigenvalue weighted by Crippen LogP contribution is -2.39. The van der Waals surface area contributed by atoms with Crippen molar-refractivity contribution in [2.45, 2.75) is 64.8 Å². The molecular weight excluding hydrogens is 262 g/mol. The molecule has 16 heavy (non-hydrogen) atoms. The number of nitrogens with zero attached hydrogens (tertiary/aromatic N) is 1. The Hall–Kier alpha value is 0.440. The highest BCUT2D eigenvalue weighted by molar-refractivity contribution is 9.09. The van der Waals surface area contributed by atoms with Gasteiger partial charge in [0.2, 0.25) is 0 Å². The second kappa shape index (κ2) is 8.52.